The van der Waals surface area contributed by atoms with Gasteiger partial charge in [-0.15, -0.1) is 0 Å². The molecule has 90 valence electrons. The molecule has 2 unspecified atom stereocenters. The Morgan fingerprint density at radius 1 is 1.20 bits per heavy atom. The molecule has 0 aromatic heterocycles. The fourth-order valence-corrected chi connectivity index (χ4v) is 2.43. The Kier molecular flexibility index (Phi) is 7.03. The zero-order valence-corrected chi connectivity index (χ0v) is 10.2. The molecule has 0 aromatic rings. The maximum atomic E-state index is 9.52. The van der Waals surface area contributed by atoms with Gasteiger partial charge in [0.1, 0.15) is 0 Å². The van der Waals surface area contributed by atoms with Crippen molar-refractivity contribution in [3.8, 4) is 0 Å². The Balaban J connectivity index is 1.90. The minimum absolute atomic E-state index is 0.0226. The van der Waals surface area contributed by atoms with Crippen molar-refractivity contribution >= 4 is 0 Å². The second kappa shape index (κ2) is 8.12. The zero-order chi connectivity index (χ0) is 10.9. The number of aliphatic hydroxyl groups is 1. The minimum atomic E-state index is -0.0226. The molecule has 2 atom stereocenters. The summed E-state index contributed by atoms with van der Waals surface area (Å²) in [5.41, 5.74) is 0. The van der Waals surface area contributed by atoms with Gasteiger partial charge in [-0.2, -0.15) is 0 Å². The highest BCUT2D eigenvalue weighted by Gasteiger charge is 2.19. The van der Waals surface area contributed by atoms with E-state index < -0.39 is 0 Å². The van der Waals surface area contributed by atoms with Crippen LogP contribution in [0.1, 0.15) is 58.3 Å². The summed E-state index contributed by atoms with van der Waals surface area (Å²) in [5.74, 6) is 0.722. The summed E-state index contributed by atoms with van der Waals surface area (Å²) >= 11 is 0. The number of hydrogen-bond donors (Lipinski definition) is 2. The molecular weight excluding hydrogens is 186 g/mol. The predicted molar refractivity (Wildman–Crippen MR) is 65.0 cm³/mol. The first-order valence-electron chi connectivity index (χ1n) is 6.71. The maximum absolute atomic E-state index is 9.52. The molecule has 15 heavy (non-hydrogen) atoms. The first-order chi connectivity index (χ1) is 7.33. The summed E-state index contributed by atoms with van der Waals surface area (Å²) < 4.78 is 0. The summed E-state index contributed by atoms with van der Waals surface area (Å²) in [4.78, 5) is 0. The van der Waals surface area contributed by atoms with Crippen LogP contribution in [0.15, 0.2) is 0 Å². The summed E-state index contributed by atoms with van der Waals surface area (Å²) in [6.07, 6.45) is 9.88. The summed E-state index contributed by atoms with van der Waals surface area (Å²) in [6.45, 7) is 4.52. The van der Waals surface area contributed by atoms with Crippen molar-refractivity contribution in [2.45, 2.75) is 64.4 Å². The number of nitrogens with one attached hydrogen (secondary N) is 1. The van der Waals surface area contributed by atoms with E-state index in [1.807, 2.05) is 0 Å². The van der Waals surface area contributed by atoms with Gasteiger partial charge in [0.25, 0.3) is 0 Å². The van der Waals surface area contributed by atoms with Crippen LogP contribution < -0.4 is 5.32 Å². The van der Waals surface area contributed by atoms with Crippen LogP contribution in [-0.4, -0.2) is 24.3 Å². The third kappa shape index (κ3) is 6.16. The Bertz CT molecular complexity index is 149. The Morgan fingerprint density at radius 2 is 2.07 bits per heavy atom. The van der Waals surface area contributed by atoms with E-state index in [0.717, 1.165) is 31.8 Å². The van der Waals surface area contributed by atoms with Crippen LogP contribution >= 0.6 is 0 Å². The Labute approximate surface area is 94.5 Å². The molecule has 0 heterocycles. The molecule has 0 saturated heterocycles. The lowest BCUT2D eigenvalue weighted by atomic mass is 9.87. The van der Waals surface area contributed by atoms with E-state index in [2.05, 4.69) is 12.2 Å². The first-order valence-corrected chi connectivity index (χ1v) is 6.71. The molecule has 1 saturated carbocycles. The molecule has 2 nitrogen and oxygen atoms in total. The third-order valence-electron chi connectivity index (χ3n) is 3.40. The summed E-state index contributed by atoms with van der Waals surface area (Å²) in [6, 6.07) is 0. The normalized spacial score (nSPS) is 26.8. The van der Waals surface area contributed by atoms with Gasteiger partial charge < -0.3 is 10.4 Å². The Hall–Kier alpha value is -0.0800. The second-order valence-corrected chi connectivity index (χ2v) is 4.95. The van der Waals surface area contributed by atoms with Crippen molar-refractivity contribution in [2.24, 2.45) is 5.92 Å². The molecule has 1 rings (SSSR count). The van der Waals surface area contributed by atoms with Gasteiger partial charge in [-0.3, -0.25) is 0 Å². The third-order valence-corrected chi connectivity index (χ3v) is 3.40. The van der Waals surface area contributed by atoms with E-state index in [1.54, 1.807) is 0 Å². The van der Waals surface area contributed by atoms with Gasteiger partial charge in [0, 0.05) is 0 Å². The van der Waals surface area contributed by atoms with Crippen molar-refractivity contribution in [3.63, 3.8) is 0 Å². The van der Waals surface area contributed by atoms with E-state index in [9.17, 15) is 5.11 Å². The Morgan fingerprint density at radius 3 is 2.80 bits per heavy atom. The average molecular weight is 213 g/mol. The van der Waals surface area contributed by atoms with Gasteiger partial charge in [0.15, 0.2) is 0 Å². The number of hydrogen-bond acceptors (Lipinski definition) is 2. The molecule has 0 amide bonds. The molecule has 0 aromatic carbocycles. The van der Waals surface area contributed by atoms with Crippen LogP contribution in [0.25, 0.3) is 0 Å². The van der Waals surface area contributed by atoms with Gasteiger partial charge in [0.2, 0.25) is 0 Å². The molecule has 0 bridgehead atoms. The molecular formula is C13H27NO. The minimum Gasteiger partial charge on any atom is -0.393 e. The number of unbranched alkanes of at least 4 members (excludes halogenated alkanes) is 3. The van der Waals surface area contributed by atoms with Crippen LogP contribution in [0.5, 0.6) is 0 Å². The highest BCUT2D eigenvalue weighted by molar-refractivity contribution is 4.73. The van der Waals surface area contributed by atoms with E-state index in [1.165, 1.54) is 38.5 Å². The van der Waals surface area contributed by atoms with Gasteiger partial charge in [-0.25, -0.2) is 0 Å². The quantitative estimate of drug-likeness (QED) is 0.637. The standard InChI is InChI=1S/C13H27NO/c1-2-3-4-5-9-14-11-12-7-6-8-13(15)10-12/h12-15H,2-11H2,1H3. The summed E-state index contributed by atoms with van der Waals surface area (Å²) in [5, 5.41) is 13.0. The van der Waals surface area contributed by atoms with E-state index >= 15 is 0 Å². The van der Waals surface area contributed by atoms with Gasteiger partial charge >= 0.3 is 0 Å². The predicted octanol–water partition coefficient (Wildman–Crippen LogP) is 2.71. The topological polar surface area (TPSA) is 32.3 Å². The highest BCUT2D eigenvalue weighted by atomic mass is 16.3. The smallest absolute Gasteiger partial charge is 0.0543 e. The highest BCUT2D eigenvalue weighted by Crippen LogP contribution is 2.23. The van der Waals surface area contributed by atoms with Crippen molar-refractivity contribution in [1.82, 2.24) is 5.32 Å². The zero-order valence-electron chi connectivity index (χ0n) is 10.2. The summed E-state index contributed by atoms with van der Waals surface area (Å²) in [7, 11) is 0. The van der Waals surface area contributed by atoms with E-state index in [-0.39, 0.29) is 6.10 Å². The fraction of sp³-hybridized carbons (Fsp3) is 1.00. The van der Waals surface area contributed by atoms with Crippen LogP contribution in [0.2, 0.25) is 0 Å². The number of rotatable bonds is 7. The average Bonchev–Trinajstić information content (AvgIpc) is 2.23. The molecule has 1 fully saturated rings. The van der Waals surface area contributed by atoms with E-state index in [0.29, 0.717) is 0 Å². The van der Waals surface area contributed by atoms with Crippen LogP contribution in [0, 0.1) is 5.92 Å². The fourth-order valence-electron chi connectivity index (χ4n) is 2.43. The van der Waals surface area contributed by atoms with Crippen molar-refractivity contribution < 1.29 is 5.11 Å². The molecule has 2 N–H and O–H groups in total. The van der Waals surface area contributed by atoms with Crippen molar-refractivity contribution in [3.05, 3.63) is 0 Å². The molecule has 0 spiro atoms. The molecule has 0 aliphatic heterocycles. The van der Waals surface area contributed by atoms with Crippen LogP contribution in [0.3, 0.4) is 0 Å². The molecule has 1 aliphatic carbocycles. The lowest BCUT2D eigenvalue weighted by molar-refractivity contribution is 0.101. The lowest BCUT2D eigenvalue weighted by Gasteiger charge is -2.25. The first kappa shape index (κ1) is 13.0. The second-order valence-electron chi connectivity index (χ2n) is 4.95. The SMILES string of the molecule is CCCCCCNCC1CCCC(O)C1. The molecule has 2 heteroatoms. The molecule has 1 aliphatic rings. The monoisotopic (exact) mass is 213 g/mol. The molecule has 0 radical (unpaired) electrons. The van der Waals surface area contributed by atoms with E-state index in [4.69, 9.17) is 0 Å². The largest absolute Gasteiger partial charge is 0.393 e. The van der Waals surface area contributed by atoms with Gasteiger partial charge in [-0.05, 0) is 44.7 Å². The lowest BCUT2D eigenvalue weighted by Crippen LogP contribution is -2.29. The number of aliphatic hydroxyl groups excluding tert-OH is 1. The maximum Gasteiger partial charge on any atom is 0.0543 e. The van der Waals surface area contributed by atoms with Crippen LogP contribution in [0.4, 0.5) is 0 Å². The van der Waals surface area contributed by atoms with Gasteiger partial charge in [-0.1, -0.05) is 32.6 Å². The van der Waals surface area contributed by atoms with Gasteiger partial charge in [0.05, 0.1) is 6.10 Å². The van der Waals surface area contributed by atoms with Crippen molar-refractivity contribution in [2.75, 3.05) is 13.1 Å². The van der Waals surface area contributed by atoms with Crippen LogP contribution in [-0.2, 0) is 0 Å². The van der Waals surface area contributed by atoms with Crippen molar-refractivity contribution in [1.29, 1.82) is 0 Å².